The number of hydrogen-bond acceptors (Lipinski definition) is 3. The first-order valence-electron chi connectivity index (χ1n) is 6.83. The van der Waals surface area contributed by atoms with Crippen LogP contribution in [0.2, 0.25) is 5.15 Å². The molecule has 0 spiro atoms. The Kier molecular flexibility index (Phi) is 4.44. The number of halogens is 1. The Labute approximate surface area is 115 Å². The summed E-state index contributed by atoms with van der Waals surface area (Å²) < 4.78 is 0. The third-order valence-corrected chi connectivity index (χ3v) is 4.51. The van der Waals surface area contributed by atoms with Gasteiger partial charge in [0.15, 0.2) is 11.0 Å². The van der Waals surface area contributed by atoms with E-state index in [0.29, 0.717) is 11.2 Å². The lowest BCUT2D eigenvalue weighted by Gasteiger charge is -2.29. The van der Waals surface area contributed by atoms with Crippen molar-refractivity contribution in [1.29, 1.82) is 0 Å². The Bertz CT molecular complexity index is 412. The molecule has 0 amide bonds. The lowest BCUT2D eigenvalue weighted by Crippen LogP contribution is -2.32. The van der Waals surface area contributed by atoms with Gasteiger partial charge in [0.2, 0.25) is 0 Å². The fourth-order valence-corrected chi connectivity index (χ4v) is 2.90. The van der Waals surface area contributed by atoms with Crippen molar-refractivity contribution in [3.8, 4) is 0 Å². The number of nitrogens with zero attached hydrogens (tertiary/aromatic N) is 3. The fraction of sp³-hybridized carbons (Fsp3) is 0.714. The second-order valence-electron chi connectivity index (χ2n) is 5.32. The Morgan fingerprint density at radius 1 is 1.00 bits per heavy atom. The molecule has 1 aromatic heterocycles. The highest BCUT2D eigenvalue weighted by Gasteiger charge is 2.21. The highest BCUT2D eigenvalue weighted by Crippen LogP contribution is 2.28. The first kappa shape index (κ1) is 13.6. The van der Waals surface area contributed by atoms with E-state index in [0.717, 1.165) is 16.9 Å². The van der Waals surface area contributed by atoms with Crippen LogP contribution in [-0.2, 0) is 0 Å². The molecule has 0 radical (unpaired) electrons. The molecule has 3 nitrogen and oxygen atoms in total. The van der Waals surface area contributed by atoms with Gasteiger partial charge >= 0.3 is 0 Å². The molecule has 0 N–H and O–H groups in total. The van der Waals surface area contributed by atoms with Gasteiger partial charge in [0.25, 0.3) is 0 Å². The zero-order valence-corrected chi connectivity index (χ0v) is 12.3. The molecular formula is C14H22ClN3. The van der Waals surface area contributed by atoms with Gasteiger partial charge in [-0.3, -0.25) is 0 Å². The molecule has 1 aliphatic carbocycles. The van der Waals surface area contributed by atoms with E-state index < -0.39 is 0 Å². The molecule has 1 heterocycles. The third-order valence-electron chi connectivity index (χ3n) is 4.15. The number of rotatable bonds is 2. The molecule has 1 aliphatic rings. The van der Waals surface area contributed by atoms with Crippen LogP contribution < -0.4 is 4.90 Å². The lowest BCUT2D eigenvalue weighted by molar-refractivity contribution is 0.546. The molecule has 0 saturated heterocycles. The quantitative estimate of drug-likeness (QED) is 0.761. The Morgan fingerprint density at radius 2 is 1.61 bits per heavy atom. The van der Waals surface area contributed by atoms with Crippen molar-refractivity contribution in [3.63, 3.8) is 0 Å². The summed E-state index contributed by atoms with van der Waals surface area (Å²) in [6.07, 6.45) is 7.92. The van der Waals surface area contributed by atoms with Gasteiger partial charge in [-0.15, -0.1) is 10.2 Å². The first-order valence-corrected chi connectivity index (χ1v) is 7.21. The highest BCUT2D eigenvalue weighted by atomic mass is 35.5. The van der Waals surface area contributed by atoms with Crippen molar-refractivity contribution in [2.24, 2.45) is 0 Å². The van der Waals surface area contributed by atoms with Gasteiger partial charge in [0, 0.05) is 13.1 Å². The zero-order chi connectivity index (χ0) is 13.1. The van der Waals surface area contributed by atoms with Gasteiger partial charge in [-0.2, -0.15) is 0 Å². The van der Waals surface area contributed by atoms with Crippen molar-refractivity contribution in [2.45, 2.75) is 58.4 Å². The van der Waals surface area contributed by atoms with Crippen LogP contribution in [-0.4, -0.2) is 23.3 Å². The van der Waals surface area contributed by atoms with Crippen LogP contribution in [0.3, 0.4) is 0 Å². The smallest absolute Gasteiger partial charge is 0.155 e. The van der Waals surface area contributed by atoms with Crippen LogP contribution in [0.1, 0.15) is 49.7 Å². The summed E-state index contributed by atoms with van der Waals surface area (Å²) in [4.78, 5) is 2.30. The molecule has 100 valence electrons. The molecule has 1 fully saturated rings. The second kappa shape index (κ2) is 5.87. The molecule has 0 atom stereocenters. The lowest BCUT2D eigenvalue weighted by atomic mass is 10.1. The molecular weight excluding hydrogens is 246 g/mol. The van der Waals surface area contributed by atoms with E-state index in [1.807, 2.05) is 6.92 Å². The van der Waals surface area contributed by atoms with Gasteiger partial charge in [0.1, 0.15) is 0 Å². The molecule has 18 heavy (non-hydrogen) atoms. The van der Waals surface area contributed by atoms with Crippen molar-refractivity contribution >= 4 is 17.4 Å². The monoisotopic (exact) mass is 267 g/mol. The third kappa shape index (κ3) is 2.77. The summed E-state index contributed by atoms with van der Waals surface area (Å²) in [7, 11) is 2.14. The molecule has 0 aromatic carbocycles. The Balaban J connectivity index is 2.22. The van der Waals surface area contributed by atoms with E-state index in [1.165, 1.54) is 38.5 Å². The molecule has 0 bridgehead atoms. The maximum atomic E-state index is 6.01. The maximum Gasteiger partial charge on any atom is 0.155 e. The fourth-order valence-electron chi connectivity index (χ4n) is 2.72. The molecule has 1 saturated carbocycles. The standard InChI is InChI=1S/C14H22ClN3/c1-10-11(2)14(17-16-13(10)15)18(3)12-8-6-4-5-7-9-12/h12H,4-9H2,1-3H3. The number of anilines is 1. The maximum absolute atomic E-state index is 6.01. The summed E-state index contributed by atoms with van der Waals surface area (Å²) in [5.41, 5.74) is 2.20. The van der Waals surface area contributed by atoms with Crippen LogP contribution >= 0.6 is 11.6 Å². The number of hydrogen-bond donors (Lipinski definition) is 0. The topological polar surface area (TPSA) is 29.0 Å². The Morgan fingerprint density at radius 3 is 2.22 bits per heavy atom. The van der Waals surface area contributed by atoms with Gasteiger partial charge in [-0.1, -0.05) is 37.3 Å². The van der Waals surface area contributed by atoms with Crippen LogP contribution in [0.5, 0.6) is 0 Å². The van der Waals surface area contributed by atoms with E-state index >= 15 is 0 Å². The molecule has 1 aromatic rings. The average molecular weight is 268 g/mol. The minimum Gasteiger partial charge on any atom is -0.355 e. The summed E-state index contributed by atoms with van der Waals surface area (Å²) in [6, 6.07) is 0.598. The minimum absolute atomic E-state index is 0.519. The van der Waals surface area contributed by atoms with Gasteiger partial charge in [0.05, 0.1) is 0 Å². The molecule has 2 rings (SSSR count). The van der Waals surface area contributed by atoms with Crippen LogP contribution in [0.25, 0.3) is 0 Å². The van der Waals surface area contributed by atoms with E-state index in [-0.39, 0.29) is 0 Å². The van der Waals surface area contributed by atoms with Crippen LogP contribution in [0.15, 0.2) is 0 Å². The van der Waals surface area contributed by atoms with Crippen LogP contribution in [0, 0.1) is 13.8 Å². The molecule has 0 unspecified atom stereocenters. The van der Waals surface area contributed by atoms with Gasteiger partial charge in [-0.05, 0) is 37.8 Å². The van der Waals surface area contributed by atoms with Crippen molar-refractivity contribution in [1.82, 2.24) is 10.2 Å². The zero-order valence-electron chi connectivity index (χ0n) is 11.5. The average Bonchev–Trinajstić information content (AvgIpc) is 2.64. The predicted molar refractivity (Wildman–Crippen MR) is 76.4 cm³/mol. The van der Waals surface area contributed by atoms with Crippen molar-refractivity contribution in [2.75, 3.05) is 11.9 Å². The van der Waals surface area contributed by atoms with E-state index in [9.17, 15) is 0 Å². The van der Waals surface area contributed by atoms with Gasteiger partial charge < -0.3 is 4.90 Å². The van der Waals surface area contributed by atoms with E-state index in [4.69, 9.17) is 11.6 Å². The number of aromatic nitrogens is 2. The van der Waals surface area contributed by atoms with E-state index in [1.54, 1.807) is 0 Å². The summed E-state index contributed by atoms with van der Waals surface area (Å²) in [6.45, 7) is 4.09. The summed E-state index contributed by atoms with van der Waals surface area (Å²) >= 11 is 6.01. The largest absolute Gasteiger partial charge is 0.355 e. The summed E-state index contributed by atoms with van der Waals surface area (Å²) in [5.74, 6) is 0.990. The SMILES string of the molecule is Cc1c(Cl)nnc(N(C)C2CCCCCC2)c1C. The normalized spacial score (nSPS) is 17.6. The Hall–Kier alpha value is -0.830. The van der Waals surface area contributed by atoms with Crippen molar-refractivity contribution in [3.05, 3.63) is 16.3 Å². The highest BCUT2D eigenvalue weighted by molar-refractivity contribution is 6.30. The van der Waals surface area contributed by atoms with Crippen molar-refractivity contribution < 1.29 is 0 Å². The minimum atomic E-state index is 0.519. The second-order valence-corrected chi connectivity index (χ2v) is 5.68. The molecule has 4 heteroatoms. The van der Waals surface area contributed by atoms with Crippen LogP contribution in [0.4, 0.5) is 5.82 Å². The summed E-state index contributed by atoms with van der Waals surface area (Å²) in [5, 5.41) is 8.86. The van der Waals surface area contributed by atoms with Gasteiger partial charge in [-0.25, -0.2) is 0 Å². The first-order chi connectivity index (χ1) is 8.61. The predicted octanol–water partition coefficient (Wildman–Crippen LogP) is 3.91. The molecule has 0 aliphatic heterocycles. The van der Waals surface area contributed by atoms with E-state index in [2.05, 4.69) is 29.1 Å².